The maximum absolute atomic E-state index is 13.7. The highest BCUT2D eigenvalue weighted by atomic mass is 19.1. The first-order chi connectivity index (χ1) is 16.2. The second-order valence-corrected chi connectivity index (χ2v) is 7.96. The van der Waals surface area contributed by atoms with E-state index in [0.717, 1.165) is 54.2 Å². The van der Waals surface area contributed by atoms with Crippen LogP contribution < -0.4 is 14.8 Å². The highest BCUT2D eigenvalue weighted by molar-refractivity contribution is 5.79. The number of aromatic nitrogens is 3. The summed E-state index contributed by atoms with van der Waals surface area (Å²) in [6.07, 6.45) is 5.45. The fraction of sp³-hybridized carbons (Fsp3) is 0.231. The van der Waals surface area contributed by atoms with E-state index in [9.17, 15) is 4.39 Å². The zero-order chi connectivity index (χ0) is 22.6. The number of nitrogens with one attached hydrogen (secondary N) is 1. The maximum atomic E-state index is 13.7. The number of imidazole rings is 1. The number of hydrogen-bond donors (Lipinski definition) is 1. The summed E-state index contributed by atoms with van der Waals surface area (Å²) in [5.41, 5.74) is 3.51. The van der Waals surface area contributed by atoms with E-state index in [1.165, 1.54) is 12.1 Å². The zero-order valence-corrected chi connectivity index (χ0v) is 18.4. The monoisotopic (exact) mass is 444 g/mol. The van der Waals surface area contributed by atoms with E-state index in [1.54, 1.807) is 31.6 Å². The summed E-state index contributed by atoms with van der Waals surface area (Å²) in [4.78, 5) is 9.13. The Balaban J connectivity index is 1.68. The van der Waals surface area contributed by atoms with Gasteiger partial charge in [0, 0.05) is 29.6 Å². The van der Waals surface area contributed by atoms with Crippen LogP contribution in [0.2, 0.25) is 0 Å². The summed E-state index contributed by atoms with van der Waals surface area (Å²) in [5.74, 6) is 1.15. The Labute approximate surface area is 192 Å². The average Bonchev–Trinajstić information content (AvgIpc) is 3.25. The molecule has 0 bridgehead atoms. The van der Waals surface area contributed by atoms with Gasteiger partial charge in [-0.1, -0.05) is 0 Å². The fourth-order valence-corrected chi connectivity index (χ4v) is 4.23. The van der Waals surface area contributed by atoms with E-state index < -0.39 is 0 Å². The Morgan fingerprint density at radius 3 is 2.21 bits per heavy atom. The van der Waals surface area contributed by atoms with Gasteiger partial charge >= 0.3 is 6.01 Å². The van der Waals surface area contributed by atoms with E-state index >= 15 is 0 Å². The number of pyridine rings is 1. The SMILES string of the molecule is COc1ccc(Oc2nc(-c3ccc(F)cc3)c(-c3ccncc3)n2C2CCNCC2)cc1. The van der Waals surface area contributed by atoms with Crippen molar-refractivity contribution in [2.24, 2.45) is 0 Å². The highest BCUT2D eigenvalue weighted by Crippen LogP contribution is 2.41. The summed E-state index contributed by atoms with van der Waals surface area (Å²) in [6.45, 7) is 1.85. The van der Waals surface area contributed by atoms with E-state index in [1.807, 2.05) is 36.4 Å². The molecule has 6 nitrogen and oxygen atoms in total. The van der Waals surface area contributed by atoms with Crippen LogP contribution in [-0.4, -0.2) is 34.7 Å². The summed E-state index contributed by atoms with van der Waals surface area (Å²) in [7, 11) is 1.63. The minimum atomic E-state index is -0.281. The van der Waals surface area contributed by atoms with Gasteiger partial charge in [-0.3, -0.25) is 9.55 Å². The largest absolute Gasteiger partial charge is 0.497 e. The molecule has 5 rings (SSSR count). The van der Waals surface area contributed by atoms with Crippen molar-refractivity contribution in [3.8, 4) is 40.0 Å². The van der Waals surface area contributed by atoms with Gasteiger partial charge in [-0.2, -0.15) is 4.98 Å². The molecule has 33 heavy (non-hydrogen) atoms. The molecule has 2 aromatic carbocycles. The topological polar surface area (TPSA) is 61.2 Å². The Kier molecular flexibility index (Phi) is 6.04. The molecular formula is C26H25FN4O2. The van der Waals surface area contributed by atoms with Crippen molar-refractivity contribution in [3.05, 3.63) is 78.9 Å². The molecule has 0 aliphatic carbocycles. The lowest BCUT2D eigenvalue weighted by molar-refractivity contribution is 0.325. The molecule has 3 heterocycles. The average molecular weight is 445 g/mol. The van der Waals surface area contributed by atoms with Crippen LogP contribution in [0.1, 0.15) is 18.9 Å². The van der Waals surface area contributed by atoms with Gasteiger partial charge in [0.05, 0.1) is 12.8 Å². The Morgan fingerprint density at radius 1 is 0.879 bits per heavy atom. The first kappa shape index (κ1) is 21.2. The number of piperidine rings is 1. The molecule has 1 saturated heterocycles. The molecule has 168 valence electrons. The summed E-state index contributed by atoms with van der Waals surface area (Å²) in [5, 5.41) is 3.43. The molecule has 0 amide bonds. The van der Waals surface area contributed by atoms with Crippen molar-refractivity contribution in [1.29, 1.82) is 0 Å². The molecule has 0 spiro atoms. The van der Waals surface area contributed by atoms with Crippen LogP contribution in [0.4, 0.5) is 4.39 Å². The standard InChI is InChI=1S/C26H25FN4O2/c1-32-22-6-8-23(9-7-22)33-26-30-24(18-2-4-20(27)5-3-18)25(19-10-14-28-15-11-19)31(26)21-12-16-29-17-13-21/h2-11,14-15,21,29H,12-13,16-17H2,1H3. The third kappa shape index (κ3) is 4.45. The lowest BCUT2D eigenvalue weighted by atomic mass is 10.0. The number of rotatable bonds is 6. The number of halogens is 1. The van der Waals surface area contributed by atoms with Crippen molar-refractivity contribution in [2.45, 2.75) is 18.9 Å². The molecule has 0 atom stereocenters. The highest BCUT2D eigenvalue weighted by Gasteiger charge is 2.28. The Morgan fingerprint density at radius 2 is 1.55 bits per heavy atom. The van der Waals surface area contributed by atoms with E-state index in [0.29, 0.717) is 11.8 Å². The lowest BCUT2D eigenvalue weighted by Gasteiger charge is -2.27. The van der Waals surface area contributed by atoms with Crippen LogP contribution in [0.3, 0.4) is 0 Å². The molecular weight excluding hydrogens is 419 g/mol. The van der Waals surface area contributed by atoms with E-state index in [-0.39, 0.29) is 11.9 Å². The number of ether oxygens (including phenoxy) is 2. The number of methoxy groups -OCH3 is 1. The fourth-order valence-electron chi connectivity index (χ4n) is 4.23. The third-order valence-corrected chi connectivity index (χ3v) is 5.89. The predicted molar refractivity (Wildman–Crippen MR) is 125 cm³/mol. The van der Waals surface area contributed by atoms with Gasteiger partial charge in [-0.25, -0.2) is 4.39 Å². The molecule has 4 aromatic rings. The maximum Gasteiger partial charge on any atom is 0.303 e. The minimum Gasteiger partial charge on any atom is -0.497 e. The van der Waals surface area contributed by atoms with Crippen LogP contribution in [0.25, 0.3) is 22.5 Å². The van der Waals surface area contributed by atoms with Crippen LogP contribution in [0.5, 0.6) is 17.5 Å². The van der Waals surface area contributed by atoms with Crippen molar-refractivity contribution >= 4 is 0 Å². The van der Waals surface area contributed by atoms with Gasteiger partial charge < -0.3 is 14.8 Å². The molecule has 0 unspecified atom stereocenters. The van der Waals surface area contributed by atoms with Crippen LogP contribution in [0.15, 0.2) is 73.1 Å². The van der Waals surface area contributed by atoms with Gasteiger partial charge in [0.1, 0.15) is 23.0 Å². The molecule has 1 fully saturated rings. The Bertz CT molecular complexity index is 1200. The molecule has 0 saturated carbocycles. The number of hydrogen-bond acceptors (Lipinski definition) is 5. The van der Waals surface area contributed by atoms with Crippen molar-refractivity contribution in [1.82, 2.24) is 19.9 Å². The smallest absolute Gasteiger partial charge is 0.303 e. The van der Waals surface area contributed by atoms with Gasteiger partial charge in [0.2, 0.25) is 0 Å². The normalized spacial score (nSPS) is 14.2. The predicted octanol–water partition coefficient (Wildman–Crippen LogP) is 5.48. The van der Waals surface area contributed by atoms with Gasteiger partial charge in [0.25, 0.3) is 0 Å². The van der Waals surface area contributed by atoms with Crippen LogP contribution in [0, 0.1) is 5.82 Å². The quantitative estimate of drug-likeness (QED) is 0.427. The van der Waals surface area contributed by atoms with Gasteiger partial charge in [-0.05, 0) is 86.6 Å². The zero-order valence-electron chi connectivity index (χ0n) is 18.4. The molecule has 2 aromatic heterocycles. The molecule has 1 aliphatic heterocycles. The molecule has 0 radical (unpaired) electrons. The third-order valence-electron chi connectivity index (χ3n) is 5.89. The van der Waals surface area contributed by atoms with Crippen molar-refractivity contribution < 1.29 is 13.9 Å². The second kappa shape index (κ2) is 9.42. The molecule has 1 N–H and O–H groups in total. The van der Waals surface area contributed by atoms with E-state index in [4.69, 9.17) is 14.5 Å². The number of nitrogens with zero attached hydrogens (tertiary/aromatic N) is 3. The summed E-state index contributed by atoms with van der Waals surface area (Å²) >= 11 is 0. The Hall–Kier alpha value is -3.71. The summed E-state index contributed by atoms with van der Waals surface area (Å²) < 4.78 is 27.5. The number of benzene rings is 2. The van der Waals surface area contributed by atoms with Crippen molar-refractivity contribution in [3.63, 3.8) is 0 Å². The summed E-state index contributed by atoms with van der Waals surface area (Å²) in [6, 6.07) is 18.5. The van der Waals surface area contributed by atoms with Crippen molar-refractivity contribution in [2.75, 3.05) is 20.2 Å². The van der Waals surface area contributed by atoms with Crippen LogP contribution in [-0.2, 0) is 0 Å². The van der Waals surface area contributed by atoms with E-state index in [2.05, 4.69) is 14.9 Å². The van der Waals surface area contributed by atoms with Crippen LogP contribution >= 0.6 is 0 Å². The lowest BCUT2D eigenvalue weighted by Crippen LogP contribution is -2.29. The second-order valence-electron chi connectivity index (χ2n) is 7.96. The molecule has 7 heteroatoms. The first-order valence-corrected chi connectivity index (χ1v) is 11.0. The van der Waals surface area contributed by atoms with Gasteiger partial charge in [0.15, 0.2) is 0 Å². The minimum absolute atomic E-state index is 0.212. The van der Waals surface area contributed by atoms with Gasteiger partial charge in [-0.15, -0.1) is 0 Å². The first-order valence-electron chi connectivity index (χ1n) is 11.0. The molecule has 1 aliphatic rings.